The number of aryl methyl sites for hydroxylation is 1. The Balaban J connectivity index is 2.46. The molecular formula is C12H14ClNO. The molecular weight excluding hydrogens is 210 g/mol. The van der Waals surface area contributed by atoms with Gasteiger partial charge >= 0.3 is 0 Å². The second-order valence-corrected chi connectivity index (χ2v) is 5.29. The summed E-state index contributed by atoms with van der Waals surface area (Å²) in [6.45, 7) is 4.48. The predicted molar refractivity (Wildman–Crippen MR) is 60.4 cm³/mol. The van der Waals surface area contributed by atoms with Gasteiger partial charge in [-0.2, -0.15) is 0 Å². The van der Waals surface area contributed by atoms with Gasteiger partial charge in [0.1, 0.15) is 5.15 Å². The zero-order chi connectivity index (χ0) is 11.1. The summed E-state index contributed by atoms with van der Waals surface area (Å²) in [6.07, 6.45) is 3.84. The Morgan fingerprint density at radius 3 is 2.93 bits per heavy atom. The summed E-state index contributed by atoms with van der Waals surface area (Å²) in [6, 6.07) is 1.89. The topological polar surface area (TPSA) is 30.0 Å². The van der Waals surface area contributed by atoms with Gasteiger partial charge in [0, 0.05) is 5.69 Å². The van der Waals surface area contributed by atoms with Crippen molar-refractivity contribution < 1.29 is 4.79 Å². The highest BCUT2D eigenvalue weighted by atomic mass is 35.5. The quantitative estimate of drug-likeness (QED) is 0.541. The molecule has 15 heavy (non-hydrogen) atoms. The third-order valence-corrected chi connectivity index (χ3v) is 3.31. The molecule has 0 aromatic carbocycles. The van der Waals surface area contributed by atoms with Gasteiger partial charge in [-0.05, 0) is 36.3 Å². The number of fused-ring (bicyclic) bond motifs is 1. The Morgan fingerprint density at radius 1 is 1.53 bits per heavy atom. The van der Waals surface area contributed by atoms with Crippen LogP contribution in [0.25, 0.3) is 0 Å². The fraction of sp³-hybridized carbons (Fsp3) is 0.500. The van der Waals surface area contributed by atoms with Crippen molar-refractivity contribution in [2.75, 3.05) is 0 Å². The lowest BCUT2D eigenvalue weighted by atomic mass is 9.76. The van der Waals surface area contributed by atoms with Gasteiger partial charge in [-0.3, -0.25) is 4.79 Å². The van der Waals surface area contributed by atoms with Crippen molar-refractivity contribution in [2.24, 2.45) is 5.41 Å². The molecule has 1 heterocycles. The van der Waals surface area contributed by atoms with Crippen LogP contribution in [0.3, 0.4) is 0 Å². The van der Waals surface area contributed by atoms with Crippen LogP contribution in [-0.4, -0.2) is 11.3 Å². The smallest absolute Gasteiger partial charge is 0.153 e. The lowest BCUT2D eigenvalue weighted by molar-refractivity contribution is 0.112. The van der Waals surface area contributed by atoms with Crippen molar-refractivity contribution in [1.82, 2.24) is 4.98 Å². The van der Waals surface area contributed by atoms with E-state index in [0.717, 1.165) is 31.2 Å². The molecule has 0 radical (unpaired) electrons. The first kappa shape index (κ1) is 10.6. The molecule has 0 bridgehead atoms. The van der Waals surface area contributed by atoms with Crippen LogP contribution in [0.5, 0.6) is 0 Å². The third kappa shape index (κ3) is 2.05. The van der Waals surface area contributed by atoms with E-state index in [-0.39, 0.29) is 0 Å². The number of aromatic nitrogens is 1. The number of rotatable bonds is 1. The van der Waals surface area contributed by atoms with Gasteiger partial charge in [-0.15, -0.1) is 0 Å². The first-order valence-electron chi connectivity index (χ1n) is 5.15. The molecule has 0 atom stereocenters. The molecule has 0 spiro atoms. The van der Waals surface area contributed by atoms with Crippen LogP contribution >= 0.6 is 11.6 Å². The first-order valence-corrected chi connectivity index (χ1v) is 5.53. The summed E-state index contributed by atoms with van der Waals surface area (Å²) in [7, 11) is 0. The molecule has 0 N–H and O–H groups in total. The standard InChI is InChI=1S/C12H14ClNO/c1-12(2)4-3-10-8(6-12)5-9(7-15)11(13)14-10/h5,7H,3-4,6H2,1-2H3. The maximum Gasteiger partial charge on any atom is 0.153 e. The van der Waals surface area contributed by atoms with E-state index in [2.05, 4.69) is 18.8 Å². The van der Waals surface area contributed by atoms with Crippen LogP contribution < -0.4 is 0 Å². The fourth-order valence-electron chi connectivity index (χ4n) is 2.10. The van der Waals surface area contributed by atoms with Crippen molar-refractivity contribution in [3.8, 4) is 0 Å². The lowest BCUT2D eigenvalue weighted by Gasteiger charge is -2.30. The Labute approximate surface area is 94.7 Å². The van der Waals surface area contributed by atoms with Gasteiger partial charge in [0.25, 0.3) is 0 Å². The minimum Gasteiger partial charge on any atom is -0.298 e. The summed E-state index contributed by atoms with van der Waals surface area (Å²) in [4.78, 5) is 15.0. The van der Waals surface area contributed by atoms with Gasteiger partial charge in [-0.1, -0.05) is 25.4 Å². The molecule has 0 fully saturated rings. The average molecular weight is 224 g/mol. The number of halogens is 1. The van der Waals surface area contributed by atoms with E-state index in [1.165, 1.54) is 5.56 Å². The normalized spacial score (nSPS) is 18.3. The Kier molecular flexibility index (Phi) is 2.55. The number of carbonyl (C=O) groups is 1. The molecule has 2 rings (SSSR count). The van der Waals surface area contributed by atoms with E-state index >= 15 is 0 Å². The number of hydrogen-bond donors (Lipinski definition) is 0. The molecule has 0 saturated carbocycles. The summed E-state index contributed by atoms with van der Waals surface area (Å²) < 4.78 is 0. The highest BCUT2D eigenvalue weighted by molar-refractivity contribution is 6.31. The van der Waals surface area contributed by atoms with Crippen LogP contribution in [0.1, 0.15) is 41.9 Å². The highest BCUT2D eigenvalue weighted by Gasteiger charge is 2.26. The van der Waals surface area contributed by atoms with Crippen LogP contribution in [0.4, 0.5) is 0 Å². The summed E-state index contributed by atoms with van der Waals surface area (Å²) in [5.74, 6) is 0. The molecule has 2 nitrogen and oxygen atoms in total. The number of nitrogens with zero attached hydrogens (tertiary/aromatic N) is 1. The molecule has 80 valence electrons. The fourth-order valence-corrected chi connectivity index (χ4v) is 2.30. The molecule has 0 unspecified atom stereocenters. The highest BCUT2D eigenvalue weighted by Crippen LogP contribution is 2.34. The van der Waals surface area contributed by atoms with Gasteiger partial charge < -0.3 is 0 Å². The number of hydrogen-bond acceptors (Lipinski definition) is 2. The second-order valence-electron chi connectivity index (χ2n) is 4.93. The van der Waals surface area contributed by atoms with E-state index < -0.39 is 0 Å². The van der Waals surface area contributed by atoms with Crippen LogP contribution in [0.2, 0.25) is 5.15 Å². The zero-order valence-corrected chi connectivity index (χ0v) is 9.77. The molecule has 1 aromatic heterocycles. The summed E-state index contributed by atoms with van der Waals surface area (Å²) in [5, 5.41) is 0.337. The largest absolute Gasteiger partial charge is 0.298 e. The van der Waals surface area contributed by atoms with E-state index in [9.17, 15) is 4.79 Å². The van der Waals surface area contributed by atoms with Crippen LogP contribution in [0, 0.1) is 5.41 Å². The number of pyridine rings is 1. The minimum absolute atomic E-state index is 0.308. The van der Waals surface area contributed by atoms with Crippen molar-refractivity contribution >= 4 is 17.9 Å². The van der Waals surface area contributed by atoms with Crippen molar-refractivity contribution in [3.63, 3.8) is 0 Å². The number of aldehydes is 1. The minimum atomic E-state index is 0.308. The second kappa shape index (κ2) is 3.60. The first-order chi connectivity index (χ1) is 7.02. The van der Waals surface area contributed by atoms with E-state index in [1.54, 1.807) is 0 Å². The van der Waals surface area contributed by atoms with Crippen molar-refractivity contribution in [2.45, 2.75) is 33.1 Å². The molecule has 1 aliphatic carbocycles. The molecule has 0 saturated heterocycles. The molecule has 1 aliphatic rings. The van der Waals surface area contributed by atoms with Gasteiger partial charge in [0.2, 0.25) is 0 Å². The Hall–Kier alpha value is -0.890. The van der Waals surface area contributed by atoms with E-state index in [4.69, 9.17) is 11.6 Å². The maximum absolute atomic E-state index is 10.8. The van der Waals surface area contributed by atoms with Crippen LogP contribution in [-0.2, 0) is 12.8 Å². The Morgan fingerprint density at radius 2 is 2.27 bits per heavy atom. The van der Waals surface area contributed by atoms with Crippen molar-refractivity contribution in [3.05, 3.63) is 28.0 Å². The van der Waals surface area contributed by atoms with Gasteiger partial charge in [0.05, 0.1) is 5.56 Å². The third-order valence-electron chi connectivity index (χ3n) is 3.01. The van der Waals surface area contributed by atoms with E-state index in [0.29, 0.717) is 16.1 Å². The van der Waals surface area contributed by atoms with Crippen LogP contribution in [0.15, 0.2) is 6.07 Å². The zero-order valence-electron chi connectivity index (χ0n) is 9.01. The molecule has 0 aliphatic heterocycles. The summed E-state index contributed by atoms with van der Waals surface area (Å²) in [5.41, 5.74) is 3.05. The lowest BCUT2D eigenvalue weighted by Crippen LogP contribution is -2.23. The average Bonchev–Trinajstić information content (AvgIpc) is 2.17. The SMILES string of the molecule is CC1(C)CCc2nc(Cl)c(C=O)cc2C1. The van der Waals surface area contributed by atoms with Gasteiger partial charge in [-0.25, -0.2) is 4.98 Å². The monoisotopic (exact) mass is 223 g/mol. The summed E-state index contributed by atoms with van der Waals surface area (Å²) >= 11 is 5.89. The molecule has 0 amide bonds. The predicted octanol–water partition coefficient (Wildman–Crippen LogP) is 3.06. The van der Waals surface area contributed by atoms with E-state index in [1.807, 2.05) is 6.07 Å². The Bertz CT molecular complexity index is 412. The number of carbonyl (C=O) groups excluding carboxylic acids is 1. The van der Waals surface area contributed by atoms with Crippen molar-refractivity contribution in [1.29, 1.82) is 0 Å². The molecule has 1 aromatic rings. The maximum atomic E-state index is 10.8. The van der Waals surface area contributed by atoms with Gasteiger partial charge in [0.15, 0.2) is 6.29 Å². The molecule has 3 heteroatoms.